The summed E-state index contributed by atoms with van der Waals surface area (Å²) < 4.78 is 17.2. The number of rotatable bonds is 3. The second-order valence-electron chi connectivity index (χ2n) is 0.547. The molecular formula is CH3NO4S. The van der Waals surface area contributed by atoms with Crippen LogP contribution < -0.4 is 4.89 Å². The highest BCUT2D eigenvalue weighted by atomic mass is 32.2. The summed E-state index contributed by atoms with van der Waals surface area (Å²) in [5.41, 5.74) is 0. The molecule has 7 heavy (non-hydrogen) atoms. The standard InChI is InChI=1S/CH3NO4S/c3-1-6-2-7(4)5/h1-2H,(H,4,5). The van der Waals surface area contributed by atoms with Crippen LogP contribution in [-0.2, 0) is 20.9 Å². The quantitative estimate of drug-likeness (QED) is 0.282. The Morgan fingerprint density at radius 1 is 1.86 bits per heavy atom. The molecule has 0 aliphatic carbocycles. The maximum Gasteiger partial charge on any atom is 0.314 e. The average Bonchev–Trinajstić information content (AvgIpc) is 1.61. The molecule has 0 amide bonds. The third kappa shape index (κ3) is 5.54. The monoisotopic (exact) mass is 125 g/mol. The maximum atomic E-state index is 9.47. The largest absolute Gasteiger partial charge is 0.359 e. The predicted octanol–water partition coefficient (Wildman–Crippen LogP) is -1.20. The van der Waals surface area contributed by atoms with Gasteiger partial charge >= 0.3 is 6.47 Å². The van der Waals surface area contributed by atoms with Crippen LogP contribution in [0.15, 0.2) is 0 Å². The molecule has 0 aromatic heterocycles. The van der Waals surface area contributed by atoms with Gasteiger partial charge in [0.25, 0.3) is 11.3 Å². The molecule has 0 aromatic rings. The van der Waals surface area contributed by atoms with Gasteiger partial charge < -0.3 is 4.84 Å². The lowest BCUT2D eigenvalue weighted by atomic mass is 11.6. The van der Waals surface area contributed by atoms with Gasteiger partial charge in [0.15, 0.2) is 0 Å². The van der Waals surface area contributed by atoms with Crippen LogP contribution in [0.25, 0.3) is 0 Å². The Hall–Kier alpha value is -0.460. The molecular weight excluding hydrogens is 122 g/mol. The van der Waals surface area contributed by atoms with Gasteiger partial charge in [0, 0.05) is 0 Å². The van der Waals surface area contributed by atoms with Gasteiger partial charge in [0.05, 0.1) is 0 Å². The van der Waals surface area contributed by atoms with E-state index in [1.807, 2.05) is 0 Å². The summed E-state index contributed by atoms with van der Waals surface area (Å²) in [4.78, 5) is 14.2. The van der Waals surface area contributed by atoms with Crippen molar-refractivity contribution >= 4 is 17.7 Å². The third-order valence-electron chi connectivity index (χ3n) is 0.168. The Kier molecular flexibility index (Phi) is 3.48. The van der Waals surface area contributed by atoms with E-state index in [0.29, 0.717) is 0 Å². The van der Waals surface area contributed by atoms with Gasteiger partial charge in [0.1, 0.15) is 0 Å². The fraction of sp³-hybridized carbons (Fsp3) is 0. The van der Waals surface area contributed by atoms with Gasteiger partial charge in [-0.2, -0.15) is 0 Å². The number of carbonyl (C=O) groups is 1. The van der Waals surface area contributed by atoms with E-state index < -0.39 is 11.3 Å². The molecule has 1 atom stereocenters. The van der Waals surface area contributed by atoms with E-state index in [1.165, 1.54) is 4.89 Å². The molecule has 0 fully saturated rings. The molecule has 6 heteroatoms. The number of nitrogens with one attached hydrogen (secondary N) is 1. The molecule has 0 aliphatic rings. The molecule has 42 valence electrons. The first-order valence-electron chi connectivity index (χ1n) is 1.23. The van der Waals surface area contributed by atoms with Gasteiger partial charge in [-0.1, -0.05) is 0 Å². The third-order valence-corrected chi connectivity index (χ3v) is 0.406. The highest BCUT2D eigenvalue weighted by Crippen LogP contribution is 1.58. The smallest absolute Gasteiger partial charge is 0.314 e. The molecule has 0 aromatic carbocycles. The van der Waals surface area contributed by atoms with Crippen molar-refractivity contribution in [1.82, 2.24) is 4.89 Å². The van der Waals surface area contributed by atoms with Crippen molar-refractivity contribution in [2.24, 2.45) is 0 Å². The lowest BCUT2D eigenvalue weighted by Gasteiger charge is -1.88. The minimum Gasteiger partial charge on any atom is -0.359 e. The zero-order valence-electron chi connectivity index (χ0n) is 3.16. The van der Waals surface area contributed by atoms with Crippen molar-refractivity contribution in [3.8, 4) is 0 Å². The van der Waals surface area contributed by atoms with Crippen LogP contribution in [0, 0.1) is 0 Å². The number of hydrogen-bond donors (Lipinski definition) is 2. The number of hydrogen-bond acceptors (Lipinski definition) is 3. The van der Waals surface area contributed by atoms with Gasteiger partial charge in [-0.25, -0.2) is 4.21 Å². The van der Waals surface area contributed by atoms with Gasteiger partial charge in [-0.15, -0.1) is 0 Å². The molecule has 2 N–H and O–H groups in total. The predicted molar refractivity (Wildman–Crippen MR) is 21.1 cm³/mol. The SMILES string of the molecule is O=CONS(=O)O. The molecule has 0 spiro atoms. The van der Waals surface area contributed by atoms with Crippen molar-refractivity contribution < 1.29 is 18.4 Å². The van der Waals surface area contributed by atoms with Crippen molar-refractivity contribution in [1.29, 1.82) is 0 Å². The van der Waals surface area contributed by atoms with Crippen molar-refractivity contribution in [3.63, 3.8) is 0 Å². The first kappa shape index (κ1) is 6.54. The molecule has 1 unspecified atom stereocenters. The van der Waals surface area contributed by atoms with Gasteiger partial charge in [-0.3, -0.25) is 9.35 Å². The van der Waals surface area contributed by atoms with Crippen molar-refractivity contribution in [2.45, 2.75) is 0 Å². The second kappa shape index (κ2) is 3.72. The van der Waals surface area contributed by atoms with Gasteiger partial charge in [-0.05, 0) is 4.89 Å². The second-order valence-corrected chi connectivity index (χ2v) is 1.21. The Morgan fingerprint density at radius 3 is 2.57 bits per heavy atom. The van der Waals surface area contributed by atoms with E-state index in [-0.39, 0.29) is 6.47 Å². The highest BCUT2D eigenvalue weighted by molar-refractivity contribution is 7.76. The van der Waals surface area contributed by atoms with E-state index in [4.69, 9.17) is 4.55 Å². The molecule has 0 saturated heterocycles. The fourth-order valence-corrected chi connectivity index (χ4v) is 0.182. The minimum absolute atomic E-state index is 0.00806. The zero-order chi connectivity index (χ0) is 5.70. The van der Waals surface area contributed by atoms with Gasteiger partial charge in [0.2, 0.25) is 0 Å². The molecule has 0 aliphatic heterocycles. The average molecular weight is 125 g/mol. The fourth-order valence-electron chi connectivity index (χ4n) is 0.0608. The van der Waals surface area contributed by atoms with E-state index in [0.717, 1.165) is 0 Å². The summed E-state index contributed by atoms with van der Waals surface area (Å²) >= 11 is -2.27. The topological polar surface area (TPSA) is 75.6 Å². The Balaban J connectivity index is 2.97. The summed E-state index contributed by atoms with van der Waals surface area (Å²) in [6.07, 6.45) is 0. The maximum absolute atomic E-state index is 9.47. The van der Waals surface area contributed by atoms with Crippen molar-refractivity contribution in [2.75, 3.05) is 0 Å². The highest BCUT2D eigenvalue weighted by Gasteiger charge is 1.84. The normalized spacial score (nSPS) is 12.7. The molecule has 5 nitrogen and oxygen atoms in total. The Morgan fingerprint density at radius 2 is 2.43 bits per heavy atom. The van der Waals surface area contributed by atoms with Crippen LogP contribution in [0.4, 0.5) is 0 Å². The van der Waals surface area contributed by atoms with Crippen LogP contribution >= 0.6 is 0 Å². The summed E-state index contributed by atoms with van der Waals surface area (Å²) in [7, 11) is 0. The summed E-state index contributed by atoms with van der Waals surface area (Å²) in [6.45, 7) is 0.00806. The zero-order valence-corrected chi connectivity index (χ0v) is 3.97. The molecule has 0 saturated carbocycles. The van der Waals surface area contributed by atoms with E-state index >= 15 is 0 Å². The van der Waals surface area contributed by atoms with E-state index in [9.17, 15) is 9.00 Å². The molecule has 0 heterocycles. The Labute approximate surface area is 42.0 Å². The van der Waals surface area contributed by atoms with Crippen molar-refractivity contribution in [3.05, 3.63) is 0 Å². The molecule has 0 bridgehead atoms. The number of carbonyl (C=O) groups excluding carboxylic acids is 1. The lowest BCUT2D eigenvalue weighted by molar-refractivity contribution is -0.131. The summed E-state index contributed by atoms with van der Waals surface area (Å²) in [5, 5.41) is 0. The van der Waals surface area contributed by atoms with Crippen LogP contribution in [0.1, 0.15) is 0 Å². The van der Waals surface area contributed by atoms with Crippen LogP contribution in [-0.4, -0.2) is 15.2 Å². The Bertz CT molecular complexity index is 81.8. The summed E-state index contributed by atoms with van der Waals surface area (Å²) in [5.74, 6) is 0. The van der Waals surface area contributed by atoms with Crippen LogP contribution in [0.5, 0.6) is 0 Å². The first-order chi connectivity index (χ1) is 3.27. The van der Waals surface area contributed by atoms with E-state index in [2.05, 4.69) is 4.84 Å². The molecule has 0 rings (SSSR count). The first-order valence-corrected chi connectivity index (χ1v) is 2.34. The summed E-state index contributed by atoms with van der Waals surface area (Å²) in [6, 6.07) is 0. The lowest BCUT2D eigenvalue weighted by Crippen LogP contribution is -2.15. The molecule has 0 radical (unpaired) electrons. The van der Waals surface area contributed by atoms with Crippen LogP contribution in [0.3, 0.4) is 0 Å². The minimum atomic E-state index is -2.27. The van der Waals surface area contributed by atoms with E-state index in [1.54, 1.807) is 0 Å². The van der Waals surface area contributed by atoms with Crippen LogP contribution in [0.2, 0.25) is 0 Å².